The Labute approximate surface area is 111 Å². The van der Waals surface area contributed by atoms with E-state index in [1.807, 2.05) is 24.3 Å². The lowest BCUT2D eigenvalue weighted by molar-refractivity contribution is -0.137. The Balaban J connectivity index is 2.31. The fourth-order valence-corrected chi connectivity index (χ4v) is 2.13. The number of aliphatic carboxylic acids is 1. The Morgan fingerprint density at radius 2 is 2.06 bits per heavy atom. The largest absolute Gasteiger partial charge is 0.481 e. The van der Waals surface area contributed by atoms with Gasteiger partial charge in [-0.15, -0.1) is 11.8 Å². The van der Waals surface area contributed by atoms with Crippen LogP contribution in [0.25, 0.3) is 0 Å². The molecule has 0 saturated carbocycles. The molecule has 100 valence electrons. The van der Waals surface area contributed by atoms with Gasteiger partial charge < -0.3 is 15.5 Å². The second-order valence-corrected chi connectivity index (χ2v) is 5.26. The Bertz CT molecular complexity index is 367. The standard InChI is InChI=1S/C13H19NO3S/c1-2-18-12-6-3-10(4-7-12)14-9-11(15)5-8-13(16)17/h3-4,6-7,11,14-15H,2,5,8-9H2,1H3,(H,16,17). The van der Waals surface area contributed by atoms with E-state index < -0.39 is 12.1 Å². The summed E-state index contributed by atoms with van der Waals surface area (Å²) in [6.07, 6.45) is -0.369. The summed E-state index contributed by atoms with van der Waals surface area (Å²) in [4.78, 5) is 11.6. The van der Waals surface area contributed by atoms with E-state index in [1.165, 1.54) is 4.90 Å². The number of hydrogen-bond donors (Lipinski definition) is 3. The Morgan fingerprint density at radius 1 is 1.39 bits per heavy atom. The van der Waals surface area contributed by atoms with Crippen LogP contribution in [0.4, 0.5) is 5.69 Å². The summed E-state index contributed by atoms with van der Waals surface area (Å²) in [5.41, 5.74) is 0.935. The normalized spacial score (nSPS) is 12.1. The molecule has 1 atom stereocenters. The number of aliphatic hydroxyl groups is 1. The van der Waals surface area contributed by atoms with Crippen molar-refractivity contribution in [2.75, 3.05) is 17.6 Å². The number of aliphatic hydroxyl groups excluding tert-OH is 1. The van der Waals surface area contributed by atoms with E-state index in [2.05, 4.69) is 12.2 Å². The number of hydrogen-bond acceptors (Lipinski definition) is 4. The Morgan fingerprint density at radius 3 is 2.61 bits per heavy atom. The number of carboxylic acids is 1. The van der Waals surface area contributed by atoms with Gasteiger partial charge >= 0.3 is 5.97 Å². The smallest absolute Gasteiger partial charge is 0.303 e. The van der Waals surface area contributed by atoms with Crippen LogP contribution in [0, 0.1) is 0 Å². The van der Waals surface area contributed by atoms with Gasteiger partial charge in [-0.2, -0.15) is 0 Å². The van der Waals surface area contributed by atoms with Gasteiger partial charge in [0.2, 0.25) is 0 Å². The molecule has 0 bridgehead atoms. The molecule has 0 aliphatic rings. The lowest BCUT2D eigenvalue weighted by Gasteiger charge is -2.12. The molecule has 1 unspecified atom stereocenters. The summed E-state index contributed by atoms with van der Waals surface area (Å²) in [6, 6.07) is 7.98. The summed E-state index contributed by atoms with van der Waals surface area (Å²) >= 11 is 1.78. The number of anilines is 1. The highest BCUT2D eigenvalue weighted by atomic mass is 32.2. The topological polar surface area (TPSA) is 69.6 Å². The maximum absolute atomic E-state index is 10.3. The van der Waals surface area contributed by atoms with Gasteiger partial charge in [-0.05, 0) is 36.4 Å². The molecule has 18 heavy (non-hydrogen) atoms. The van der Waals surface area contributed by atoms with Crippen LogP contribution in [-0.4, -0.2) is 34.6 Å². The number of benzene rings is 1. The van der Waals surface area contributed by atoms with Crippen molar-refractivity contribution < 1.29 is 15.0 Å². The van der Waals surface area contributed by atoms with Gasteiger partial charge in [-0.3, -0.25) is 4.79 Å². The molecule has 0 heterocycles. The molecule has 0 amide bonds. The van der Waals surface area contributed by atoms with Gasteiger partial charge in [0.25, 0.3) is 0 Å². The Hall–Kier alpha value is -1.20. The molecule has 0 aliphatic carbocycles. The minimum atomic E-state index is -0.880. The molecule has 0 spiro atoms. The highest BCUT2D eigenvalue weighted by Crippen LogP contribution is 2.19. The third-order valence-corrected chi connectivity index (χ3v) is 3.29. The summed E-state index contributed by atoms with van der Waals surface area (Å²) in [5, 5.41) is 21.1. The fourth-order valence-electron chi connectivity index (χ4n) is 1.46. The number of rotatable bonds is 8. The minimum Gasteiger partial charge on any atom is -0.481 e. The number of carboxylic acid groups (broad SMARTS) is 1. The maximum atomic E-state index is 10.3. The third-order valence-electron chi connectivity index (χ3n) is 2.40. The second-order valence-electron chi connectivity index (χ2n) is 3.92. The fraction of sp³-hybridized carbons (Fsp3) is 0.462. The lowest BCUT2D eigenvalue weighted by Crippen LogP contribution is -2.20. The van der Waals surface area contributed by atoms with E-state index in [4.69, 9.17) is 5.11 Å². The van der Waals surface area contributed by atoms with Crippen LogP contribution in [-0.2, 0) is 4.79 Å². The second kappa shape index (κ2) is 8.00. The molecule has 4 nitrogen and oxygen atoms in total. The molecule has 0 aliphatic heterocycles. The van der Waals surface area contributed by atoms with Crippen LogP contribution in [0.3, 0.4) is 0 Å². The maximum Gasteiger partial charge on any atom is 0.303 e. The van der Waals surface area contributed by atoms with E-state index in [-0.39, 0.29) is 12.8 Å². The number of carbonyl (C=O) groups is 1. The van der Waals surface area contributed by atoms with Crippen molar-refractivity contribution in [3.63, 3.8) is 0 Å². The van der Waals surface area contributed by atoms with Crippen LogP contribution < -0.4 is 5.32 Å². The third kappa shape index (κ3) is 5.93. The van der Waals surface area contributed by atoms with Gasteiger partial charge in [-0.1, -0.05) is 6.92 Å². The molecule has 5 heteroatoms. The summed E-state index contributed by atoms with van der Waals surface area (Å²) in [6.45, 7) is 2.48. The van der Waals surface area contributed by atoms with Crippen molar-refractivity contribution in [3.8, 4) is 0 Å². The highest BCUT2D eigenvalue weighted by molar-refractivity contribution is 7.99. The van der Waals surface area contributed by atoms with Gasteiger partial charge in [0.1, 0.15) is 0 Å². The van der Waals surface area contributed by atoms with Crippen molar-refractivity contribution >= 4 is 23.4 Å². The van der Waals surface area contributed by atoms with Crippen LogP contribution in [0.15, 0.2) is 29.2 Å². The molecular formula is C13H19NO3S. The van der Waals surface area contributed by atoms with Crippen molar-refractivity contribution in [3.05, 3.63) is 24.3 Å². The SMILES string of the molecule is CCSc1ccc(NCC(O)CCC(=O)O)cc1. The van der Waals surface area contributed by atoms with Crippen molar-refractivity contribution in [1.82, 2.24) is 0 Å². The van der Waals surface area contributed by atoms with Crippen LogP contribution >= 0.6 is 11.8 Å². The zero-order valence-corrected chi connectivity index (χ0v) is 11.2. The zero-order valence-electron chi connectivity index (χ0n) is 10.4. The lowest BCUT2D eigenvalue weighted by atomic mass is 10.2. The molecule has 0 saturated heterocycles. The molecule has 3 N–H and O–H groups in total. The quantitative estimate of drug-likeness (QED) is 0.632. The highest BCUT2D eigenvalue weighted by Gasteiger charge is 2.06. The molecule has 1 aromatic carbocycles. The van der Waals surface area contributed by atoms with Crippen molar-refractivity contribution in [1.29, 1.82) is 0 Å². The van der Waals surface area contributed by atoms with E-state index in [9.17, 15) is 9.90 Å². The van der Waals surface area contributed by atoms with Gasteiger partial charge in [0.15, 0.2) is 0 Å². The van der Waals surface area contributed by atoms with Crippen LogP contribution in [0.2, 0.25) is 0 Å². The summed E-state index contributed by atoms with van der Waals surface area (Å²) < 4.78 is 0. The number of thioether (sulfide) groups is 1. The first-order valence-electron chi connectivity index (χ1n) is 5.98. The first-order chi connectivity index (χ1) is 8.61. The average Bonchev–Trinajstić information content (AvgIpc) is 2.36. The molecule has 0 radical (unpaired) electrons. The molecule has 1 rings (SSSR count). The van der Waals surface area contributed by atoms with Crippen LogP contribution in [0.5, 0.6) is 0 Å². The van der Waals surface area contributed by atoms with Gasteiger partial charge in [-0.25, -0.2) is 0 Å². The van der Waals surface area contributed by atoms with E-state index in [1.54, 1.807) is 11.8 Å². The minimum absolute atomic E-state index is 0.00504. The predicted molar refractivity (Wildman–Crippen MR) is 74.2 cm³/mol. The monoisotopic (exact) mass is 269 g/mol. The molecule has 0 fully saturated rings. The average molecular weight is 269 g/mol. The first kappa shape index (κ1) is 14.9. The van der Waals surface area contributed by atoms with E-state index in [0.717, 1.165) is 11.4 Å². The molecular weight excluding hydrogens is 250 g/mol. The number of nitrogens with one attached hydrogen (secondary N) is 1. The van der Waals surface area contributed by atoms with E-state index in [0.29, 0.717) is 6.54 Å². The van der Waals surface area contributed by atoms with E-state index >= 15 is 0 Å². The Kier molecular flexibility index (Phi) is 6.60. The summed E-state index contributed by atoms with van der Waals surface area (Å²) in [7, 11) is 0. The van der Waals surface area contributed by atoms with Crippen molar-refractivity contribution in [2.45, 2.75) is 30.8 Å². The molecule has 1 aromatic rings. The van der Waals surface area contributed by atoms with Gasteiger partial charge in [0, 0.05) is 23.5 Å². The van der Waals surface area contributed by atoms with Gasteiger partial charge in [0.05, 0.1) is 6.10 Å². The first-order valence-corrected chi connectivity index (χ1v) is 6.97. The zero-order chi connectivity index (χ0) is 13.4. The van der Waals surface area contributed by atoms with Crippen LogP contribution in [0.1, 0.15) is 19.8 Å². The summed E-state index contributed by atoms with van der Waals surface area (Å²) in [5.74, 6) is 0.163. The molecule has 0 aromatic heterocycles. The predicted octanol–water partition coefficient (Wildman–Crippen LogP) is 2.44. The van der Waals surface area contributed by atoms with Crippen molar-refractivity contribution in [2.24, 2.45) is 0 Å².